The Morgan fingerprint density at radius 1 is 1.29 bits per heavy atom. The van der Waals surface area contributed by atoms with Gasteiger partial charge in [-0.25, -0.2) is 9.78 Å². The zero-order valence-electron chi connectivity index (χ0n) is 10.1. The number of carboxylic acids is 1. The molecule has 7 nitrogen and oxygen atoms in total. The molecule has 0 amide bonds. The summed E-state index contributed by atoms with van der Waals surface area (Å²) in [6.07, 6.45) is 0. The first kappa shape index (κ1) is 15.0. The van der Waals surface area contributed by atoms with E-state index in [0.29, 0.717) is 0 Å². The van der Waals surface area contributed by atoms with E-state index in [1.54, 1.807) is 0 Å². The Morgan fingerprint density at radius 3 is 2.62 bits per heavy atom. The molecular weight excluding hydrogens is 323 g/mol. The average Bonchev–Trinajstić information content (AvgIpc) is 2.42. The van der Waals surface area contributed by atoms with Crippen LogP contribution in [0.15, 0.2) is 30.3 Å². The van der Waals surface area contributed by atoms with Gasteiger partial charge in [0.25, 0.3) is 0 Å². The van der Waals surface area contributed by atoms with Crippen LogP contribution >= 0.6 is 23.2 Å². The van der Waals surface area contributed by atoms with Gasteiger partial charge < -0.3 is 9.84 Å². The van der Waals surface area contributed by atoms with Crippen LogP contribution in [0.1, 0.15) is 10.5 Å². The molecule has 0 aliphatic rings. The van der Waals surface area contributed by atoms with Gasteiger partial charge in [-0.2, -0.15) is 0 Å². The smallest absolute Gasteiger partial charge is 0.356 e. The van der Waals surface area contributed by atoms with Crippen molar-refractivity contribution in [2.45, 2.75) is 0 Å². The van der Waals surface area contributed by atoms with Crippen LogP contribution in [0.2, 0.25) is 10.0 Å². The third-order valence-electron chi connectivity index (χ3n) is 2.36. The second-order valence-electron chi connectivity index (χ2n) is 3.76. The Kier molecular flexibility index (Phi) is 4.25. The zero-order chi connectivity index (χ0) is 15.6. The molecule has 0 fully saturated rings. The standard InChI is InChI=1S/C12H6Cl2N2O5/c13-6-1-3-9(8(5-6)16(19)20)21-10-4-2-7(14)11(15-10)12(17)18/h1-5H,(H,17,18). The summed E-state index contributed by atoms with van der Waals surface area (Å²) in [7, 11) is 0. The van der Waals surface area contributed by atoms with Crippen molar-refractivity contribution in [1.29, 1.82) is 0 Å². The summed E-state index contributed by atoms with van der Waals surface area (Å²) >= 11 is 11.4. The number of benzene rings is 1. The van der Waals surface area contributed by atoms with Gasteiger partial charge in [0.2, 0.25) is 11.6 Å². The number of ether oxygens (including phenoxy) is 1. The first-order chi connectivity index (χ1) is 9.88. The molecule has 0 bridgehead atoms. The minimum absolute atomic E-state index is 0.0690. The summed E-state index contributed by atoms with van der Waals surface area (Å²) in [6, 6.07) is 6.38. The van der Waals surface area contributed by atoms with Gasteiger partial charge in [0.15, 0.2) is 5.69 Å². The predicted octanol–water partition coefficient (Wildman–Crippen LogP) is 3.79. The fraction of sp³-hybridized carbons (Fsp3) is 0. The Hall–Kier alpha value is -2.38. The van der Waals surface area contributed by atoms with Crippen LogP contribution in [0.25, 0.3) is 0 Å². The van der Waals surface area contributed by atoms with Crippen LogP contribution in [-0.4, -0.2) is 21.0 Å². The molecule has 0 atom stereocenters. The van der Waals surface area contributed by atoms with Crippen molar-refractivity contribution in [1.82, 2.24) is 4.98 Å². The lowest BCUT2D eigenvalue weighted by Crippen LogP contribution is -2.03. The number of halogens is 2. The Morgan fingerprint density at radius 2 is 2.00 bits per heavy atom. The Balaban J connectivity index is 2.41. The second-order valence-corrected chi connectivity index (χ2v) is 4.60. The highest BCUT2D eigenvalue weighted by molar-refractivity contribution is 6.33. The van der Waals surface area contributed by atoms with Gasteiger partial charge in [-0.1, -0.05) is 23.2 Å². The molecule has 1 N–H and O–H groups in total. The fourth-order valence-corrected chi connectivity index (χ4v) is 1.82. The van der Waals surface area contributed by atoms with E-state index >= 15 is 0 Å². The highest BCUT2D eigenvalue weighted by Crippen LogP contribution is 2.33. The first-order valence-electron chi connectivity index (χ1n) is 5.40. The molecule has 2 aromatic rings. The lowest BCUT2D eigenvalue weighted by molar-refractivity contribution is -0.385. The van der Waals surface area contributed by atoms with E-state index in [2.05, 4.69) is 4.98 Å². The normalized spacial score (nSPS) is 10.2. The number of carbonyl (C=O) groups is 1. The third kappa shape index (κ3) is 3.39. The van der Waals surface area contributed by atoms with Crippen molar-refractivity contribution in [3.05, 3.63) is 56.2 Å². The maximum Gasteiger partial charge on any atom is 0.356 e. The highest BCUT2D eigenvalue weighted by Gasteiger charge is 2.18. The molecule has 0 radical (unpaired) electrons. The summed E-state index contributed by atoms with van der Waals surface area (Å²) in [5, 5.41) is 19.9. The quantitative estimate of drug-likeness (QED) is 0.676. The van der Waals surface area contributed by atoms with Crippen molar-refractivity contribution in [3.63, 3.8) is 0 Å². The summed E-state index contributed by atoms with van der Waals surface area (Å²) in [4.78, 5) is 24.9. The Bertz CT molecular complexity index is 736. The number of rotatable bonds is 4. The van der Waals surface area contributed by atoms with Gasteiger partial charge in [-0.3, -0.25) is 10.1 Å². The SMILES string of the molecule is O=C(O)c1nc(Oc2ccc(Cl)cc2[N+](=O)[O-])ccc1Cl. The predicted molar refractivity (Wildman–Crippen MR) is 74.4 cm³/mol. The fourth-order valence-electron chi connectivity index (χ4n) is 1.46. The monoisotopic (exact) mass is 328 g/mol. The van der Waals surface area contributed by atoms with Crippen molar-refractivity contribution in [2.75, 3.05) is 0 Å². The molecule has 1 aromatic carbocycles. The van der Waals surface area contributed by atoms with Crippen LogP contribution < -0.4 is 4.74 Å². The summed E-state index contributed by atoms with van der Waals surface area (Å²) in [5.74, 6) is -1.59. The molecule has 0 spiro atoms. The largest absolute Gasteiger partial charge is 0.476 e. The van der Waals surface area contributed by atoms with Crippen molar-refractivity contribution >= 4 is 34.9 Å². The van der Waals surface area contributed by atoms with Crippen LogP contribution in [0.5, 0.6) is 11.6 Å². The number of nitrogens with zero attached hydrogens (tertiary/aromatic N) is 2. The van der Waals surface area contributed by atoms with Crippen molar-refractivity contribution < 1.29 is 19.6 Å². The molecule has 0 unspecified atom stereocenters. The highest BCUT2D eigenvalue weighted by atomic mass is 35.5. The molecule has 0 aliphatic carbocycles. The van der Waals surface area contributed by atoms with Gasteiger partial charge in [0, 0.05) is 17.2 Å². The van der Waals surface area contributed by atoms with E-state index in [0.717, 1.165) is 6.07 Å². The lowest BCUT2D eigenvalue weighted by atomic mass is 10.3. The summed E-state index contributed by atoms with van der Waals surface area (Å²) in [5.41, 5.74) is -0.776. The molecule has 1 aromatic heterocycles. The number of hydrogen-bond donors (Lipinski definition) is 1. The number of pyridine rings is 1. The van der Waals surface area contributed by atoms with Crippen LogP contribution in [0.4, 0.5) is 5.69 Å². The number of aromatic nitrogens is 1. The van der Waals surface area contributed by atoms with Gasteiger partial charge in [-0.05, 0) is 18.2 Å². The van der Waals surface area contributed by atoms with Crippen molar-refractivity contribution in [3.8, 4) is 11.6 Å². The average molecular weight is 329 g/mol. The molecular formula is C12H6Cl2N2O5. The zero-order valence-corrected chi connectivity index (χ0v) is 11.6. The van der Waals surface area contributed by atoms with Crippen LogP contribution in [0, 0.1) is 10.1 Å². The molecule has 0 saturated heterocycles. The molecule has 108 valence electrons. The van der Waals surface area contributed by atoms with E-state index in [-0.39, 0.29) is 27.4 Å². The van der Waals surface area contributed by atoms with Gasteiger partial charge in [0.1, 0.15) is 0 Å². The molecule has 1 heterocycles. The summed E-state index contributed by atoms with van der Waals surface area (Å²) in [6.45, 7) is 0. The van der Waals surface area contributed by atoms with Crippen LogP contribution in [-0.2, 0) is 0 Å². The molecule has 9 heteroatoms. The van der Waals surface area contributed by atoms with Gasteiger partial charge in [0.05, 0.1) is 9.95 Å². The van der Waals surface area contributed by atoms with E-state index in [1.807, 2.05) is 0 Å². The van der Waals surface area contributed by atoms with E-state index in [9.17, 15) is 14.9 Å². The Labute approximate surface area is 127 Å². The number of nitro benzene ring substituents is 1. The van der Waals surface area contributed by atoms with Gasteiger partial charge in [-0.15, -0.1) is 0 Å². The lowest BCUT2D eigenvalue weighted by Gasteiger charge is -2.07. The topological polar surface area (TPSA) is 103 Å². The molecule has 21 heavy (non-hydrogen) atoms. The number of carboxylic acid groups (broad SMARTS) is 1. The number of nitro groups is 1. The van der Waals surface area contributed by atoms with E-state index in [4.69, 9.17) is 33.0 Å². The van der Waals surface area contributed by atoms with Crippen molar-refractivity contribution in [2.24, 2.45) is 0 Å². The second kappa shape index (κ2) is 5.94. The number of aromatic carboxylic acids is 1. The van der Waals surface area contributed by atoms with Crippen LogP contribution in [0.3, 0.4) is 0 Å². The first-order valence-corrected chi connectivity index (χ1v) is 6.15. The molecule has 2 rings (SSSR count). The number of hydrogen-bond acceptors (Lipinski definition) is 5. The van der Waals surface area contributed by atoms with Gasteiger partial charge >= 0.3 is 11.7 Å². The maximum atomic E-state index is 10.9. The molecule has 0 saturated carbocycles. The minimum Gasteiger partial charge on any atom is -0.476 e. The molecule has 0 aliphatic heterocycles. The third-order valence-corrected chi connectivity index (χ3v) is 2.90. The van der Waals surface area contributed by atoms with E-state index in [1.165, 1.54) is 24.3 Å². The summed E-state index contributed by atoms with van der Waals surface area (Å²) < 4.78 is 5.24. The van der Waals surface area contributed by atoms with E-state index < -0.39 is 16.6 Å². The maximum absolute atomic E-state index is 10.9. The minimum atomic E-state index is -1.34.